The van der Waals surface area contributed by atoms with Crippen molar-refractivity contribution in [2.45, 2.75) is 6.92 Å². The van der Waals surface area contributed by atoms with E-state index >= 15 is 0 Å². The quantitative estimate of drug-likeness (QED) is 0.529. The van der Waals surface area contributed by atoms with Crippen LogP contribution in [0.15, 0.2) is 18.2 Å². The van der Waals surface area contributed by atoms with Crippen molar-refractivity contribution in [1.82, 2.24) is 0 Å². The summed E-state index contributed by atoms with van der Waals surface area (Å²) in [6, 6.07) is 4.23. The molecular formula is C8H9BO4. The summed E-state index contributed by atoms with van der Waals surface area (Å²) in [5, 5.41) is 26.3. The largest absolute Gasteiger partial charge is 0.488 e. The molecule has 0 spiro atoms. The number of benzene rings is 1. The van der Waals surface area contributed by atoms with Crippen LogP contribution < -0.4 is 5.46 Å². The molecule has 0 aromatic heterocycles. The second-order valence-corrected chi connectivity index (χ2v) is 2.81. The van der Waals surface area contributed by atoms with E-state index in [0.29, 0.717) is 5.56 Å². The van der Waals surface area contributed by atoms with Crippen molar-refractivity contribution in [1.29, 1.82) is 0 Å². The van der Waals surface area contributed by atoms with Gasteiger partial charge in [-0.1, -0.05) is 11.6 Å². The molecule has 0 saturated heterocycles. The van der Waals surface area contributed by atoms with Gasteiger partial charge in [-0.15, -0.1) is 0 Å². The van der Waals surface area contributed by atoms with E-state index in [1.807, 2.05) is 0 Å². The minimum Gasteiger partial charge on any atom is -0.478 e. The highest BCUT2D eigenvalue weighted by Gasteiger charge is 2.14. The Balaban J connectivity index is 3.19. The number of rotatable bonds is 2. The number of aryl methyl sites for hydroxylation is 1. The average molecular weight is 180 g/mol. The van der Waals surface area contributed by atoms with Crippen LogP contribution in [-0.2, 0) is 0 Å². The molecule has 0 fully saturated rings. The lowest BCUT2D eigenvalue weighted by Crippen LogP contribution is -2.30. The Morgan fingerprint density at radius 2 is 1.92 bits per heavy atom. The molecule has 5 heteroatoms. The third-order valence-corrected chi connectivity index (χ3v) is 1.64. The molecule has 3 N–H and O–H groups in total. The molecule has 1 aromatic carbocycles. The third-order valence-electron chi connectivity index (χ3n) is 1.64. The fourth-order valence-electron chi connectivity index (χ4n) is 1.09. The number of carbonyl (C=O) groups is 1. The van der Waals surface area contributed by atoms with Gasteiger partial charge in [0.05, 0.1) is 5.56 Å². The molecule has 0 amide bonds. The summed E-state index contributed by atoms with van der Waals surface area (Å²) in [4.78, 5) is 10.6. The number of aromatic carboxylic acids is 1. The smallest absolute Gasteiger partial charge is 0.478 e. The van der Waals surface area contributed by atoms with Crippen molar-refractivity contribution >= 4 is 18.6 Å². The van der Waals surface area contributed by atoms with E-state index in [1.165, 1.54) is 18.2 Å². The van der Waals surface area contributed by atoms with Gasteiger partial charge in [-0.3, -0.25) is 0 Å². The van der Waals surface area contributed by atoms with Gasteiger partial charge in [-0.05, 0) is 24.5 Å². The first-order valence-electron chi connectivity index (χ1n) is 3.71. The normalized spacial score (nSPS) is 9.77. The van der Waals surface area contributed by atoms with Crippen molar-refractivity contribution < 1.29 is 19.9 Å². The Labute approximate surface area is 75.6 Å². The van der Waals surface area contributed by atoms with Gasteiger partial charge in [-0.25, -0.2) is 4.79 Å². The van der Waals surface area contributed by atoms with Crippen LogP contribution in [0, 0.1) is 6.92 Å². The second kappa shape index (κ2) is 3.59. The van der Waals surface area contributed by atoms with Gasteiger partial charge in [0.2, 0.25) is 0 Å². The third kappa shape index (κ3) is 2.30. The fraction of sp³-hybridized carbons (Fsp3) is 0.125. The fourth-order valence-corrected chi connectivity index (χ4v) is 1.09. The standard InChI is InChI=1S/C8H9BO4/c1-5-2-6(8(10)11)4-7(3-5)9(12)13/h2-4,12-13H,1H3,(H,10,11). The molecule has 13 heavy (non-hydrogen) atoms. The molecular weight excluding hydrogens is 171 g/mol. The zero-order valence-electron chi connectivity index (χ0n) is 7.06. The van der Waals surface area contributed by atoms with E-state index in [0.717, 1.165) is 0 Å². The van der Waals surface area contributed by atoms with Crippen LogP contribution in [0.5, 0.6) is 0 Å². The van der Waals surface area contributed by atoms with Crippen LogP contribution in [0.2, 0.25) is 0 Å². The Morgan fingerprint density at radius 3 is 2.38 bits per heavy atom. The molecule has 0 saturated carbocycles. The van der Waals surface area contributed by atoms with Crippen LogP contribution in [0.1, 0.15) is 15.9 Å². The Kier molecular flexibility index (Phi) is 2.70. The van der Waals surface area contributed by atoms with Gasteiger partial charge < -0.3 is 15.2 Å². The summed E-state index contributed by atoms with van der Waals surface area (Å²) >= 11 is 0. The summed E-state index contributed by atoms with van der Waals surface area (Å²) in [5.41, 5.74) is 0.934. The lowest BCUT2D eigenvalue weighted by Gasteiger charge is -2.03. The molecule has 0 aliphatic carbocycles. The molecule has 68 valence electrons. The van der Waals surface area contributed by atoms with Crippen LogP contribution in [0.3, 0.4) is 0 Å². The molecule has 0 radical (unpaired) electrons. The molecule has 1 aromatic rings. The zero-order valence-corrected chi connectivity index (χ0v) is 7.06. The molecule has 0 aliphatic rings. The van der Waals surface area contributed by atoms with Crippen LogP contribution >= 0.6 is 0 Å². The predicted octanol–water partition coefficient (Wildman–Crippen LogP) is -0.627. The molecule has 1 rings (SSSR count). The molecule has 0 unspecified atom stereocenters. The second-order valence-electron chi connectivity index (χ2n) is 2.81. The van der Waals surface area contributed by atoms with Crippen molar-refractivity contribution in [2.75, 3.05) is 0 Å². The topological polar surface area (TPSA) is 77.8 Å². The lowest BCUT2D eigenvalue weighted by molar-refractivity contribution is 0.0697. The summed E-state index contributed by atoms with van der Waals surface area (Å²) in [6.45, 7) is 1.69. The van der Waals surface area contributed by atoms with E-state index in [9.17, 15) is 4.79 Å². The molecule has 4 nitrogen and oxygen atoms in total. The van der Waals surface area contributed by atoms with E-state index in [2.05, 4.69) is 0 Å². The summed E-state index contributed by atoms with van der Waals surface area (Å²) < 4.78 is 0. The Morgan fingerprint density at radius 1 is 1.31 bits per heavy atom. The average Bonchev–Trinajstić information content (AvgIpc) is 2.03. The first-order valence-corrected chi connectivity index (χ1v) is 3.71. The molecule has 0 atom stereocenters. The zero-order chi connectivity index (χ0) is 10.0. The van der Waals surface area contributed by atoms with Gasteiger partial charge in [-0.2, -0.15) is 0 Å². The van der Waals surface area contributed by atoms with E-state index in [4.69, 9.17) is 15.2 Å². The maximum Gasteiger partial charge on any atom is 0.488 e. The Bertz CT molecular complexity index is 335. The molecule has 0 heterocycles. The van der Waals surface area contributed by atoms with Crippen molar-refractivity contribution in [3.63, 3.8) is 0 Å². The summed E-state index contributed by atoms with van der Waals surface area (Å²) in [6.07, 6.45) is 0. The van der Waals surface area contributed by atoms with Crippen LogP contribution in [0.25, 0.3) is 0 Å². The van der Waals surface area contributed by atoms with Crippen LogP contribution in [0.4, 0.5) is 0 Å². The highest BCUT2D eigenvalue weighted by molar-refractivity contribution is 6.58. The Hall–Kier alpha value is -1.33. The maximum atomic E-state index is 10.6. The number of hydrogen-bond donors (Lipinski definition) is 3. The van der Waals surface area contributed by atoms with Gasteiger partial charge in [0.15, 0.2) is 0 Å². The minimum absolute atomic E-state index is 0.0584. The summed E-state index contributed by atoms with van der Waals surface area (Å²) in [5.74, 6) is -1.08. The summed E-state index contributed by atoms with van der Waals surface area (Å²) in [7, 11) is -1.63. The monoisotopic (exact) mass is 180 g/mol. The van der Waals surface area contributed by atoms with Gasteiger partial charge in [0.1, 0.15) is 0 Å². The van der Waals surface area contributed by atoms with Gasteiger partial charge in [0, 0.05) is 0 Å². The number of hydrogen-bond acceptors (Lipinski definition) is 3. The van der Waals surface area contributed by atoms with E-state index in [1.54, 1.807) is 6.92 Å². The van der Waals surface area contributed by atoms with Crippen LogP contribution in [-0.4, -0.2) is 28.2 Å². The van der Waals surface area contributed by atoms with Gasteiger partial charge in [0.25, 0.3) is 0 Å². The molecule has 0 aliphatic heterocycles. The first kappa shape index (κ1) is 9.76. The van der Waals surface area contributed by atoms with Gasteiger partial charge >= 0.3 is 13.1 Å². The van der Waals surface area contributed by atoms with E-state index in [-0.39, 0.29) is 11.0 Å². The highest BCUT2D eigenvalue weighted by Crippen LogP contribution is 2.02. The first-order chi connectivity index (χ1) is 6.00. The predicted molar refractivity (Wildman–Crippen MR) is 48.0 cm³/mol. The van der Waals surface area contributed by atoms with Crippen molar-refractivity contribution in [3.05, 3.63) is 29.3 Å². The SMILES string of the molecule is Cc1cc(B(O)O)cc(C(=O)O)c1. The lowest BCUT2D eigenvalue weighted by atomic mass is 9.79. The highest BCUT2D eigenvalue weighted by atomic mass is 16.4. The van der Waals surface area contributed by atoms with Crippen molar-refractivity contribution in [2.24, 2.45) is 0 Å². The molecule has 0 bridgehead atoms. The number of carboxylic acid groups (broad SMARTS) is 1. The van der Waals surface area contributed by atoms with Crippen molar-refractivity contribution in [3.8, 4) is 0 Å². The maximum absolute atomic E-state index is 10.6. The minimum atomic E-state index is -1.63. The number of carboxylic acids is 1. The van der Waals surface area contributed by atoms with E-state index < -0.39 is 13.1 Å².